The third kappa shape index (κ3) is 1.80. The Labute approximate surface area is 94.4 Å². The Morgan fingerprint density at radius 3 is 2.53 bits per heavy atom. The van der Waals surface area contributed by atoms with Crippen LogP contribution in [0.15, 0.2) is 30.5 Å². The Morgan fingerprint density at radius 1 is 1.20 bits per heavy atom. The van der Waals surface area contributed by atoms with Gasteiger partial charge in [0.15, 0.2) is 0 Å². The Hall–Kier alpha value is -0.860. The molecule has 2 aliphatic heterocycles. The second kappa shape index (κ2) is 3.62. The minimum absolute atomic E-state index is 0.547. The molecule has 3 heterocycles. The van der Waals surface area contributed by atoms with Crippen molar-refractivity contribution >= 4 is 11.6 Å². The Balaban J connectivity index is 1.81. The highest BCUT2D eigenvalue weighted by molar-refractivity contribution is 6.30. The SMILES string of the molecule is Clc1ccc([C@@H]2C[C@H]3C=C[C@@H](C2)N3)nc1. The maximum absolute atomic E-state index is 5.83. The maximum Gasteiger partial charge on any atom is 0.0589 e. The lowest BCUT2D eigenvalue weighted by Gasteiger charge is -2.28. The van der Waals surface area contributed by atoms with Crippen LogP contribution in [0.5, 0.6) is 0 Å². The van der Waals surface area contributed by atoms with E-state index in [1.165, 1.54) is 5.69 Å². The van der Waals surface area contributed by atoms with Crippen molar-refractivity contribution in [1.29, 1.82) is 0 Å². The smallest absolute Gasteiger partial charge is 0.0589 e. The first-order valence-electron chi connectivity index (χ1n) is 5.37. The minimum atomic E-state index is 0.547. The van der Waals surface area contributed by atoms with Gasteiger partial charge in [-0.3, -0.25) is 4.98 Å². The predicted octanol–water partition coefficient (Wildman–Crippen LogP) is 2.51. The van der Waals surface area contributed by atoms with Gasteiger partial charge in [-0.2, -0.15) is 0 Å². The van der Waals surface area contributed by atoms with Gasteiger partial charge in [0.05, 0.1) is 5.02 Å². The molecule has 3 atom stereocenters. The minimum Gasteiger partial charge on any atom is -0.304 e. The molecule has 78 valence electrons. The topological polar surface area (TPSA) is 24.9 Å². The van der Waals surface area contributed by atoms with Gasteiger partial charge in [0.2, 0.25) is 0 Å². The fourth-order valence-corrected chi connectivity index (χ4v) is 2.64. The standard InChI is InChI=1S/C12H13ClN2/c13-9-1-4-12(14-7-9)8-5-10-2-3-11(6-8)15-10/h1-4,7-8,10-11,15H,5-6H2/t8-,10-,11+. The first-order chi connectivity index (χ1) is 7.31. The number of halogens is 1. The molecule has 15 heavy (non-hydrogen) atoms. The fourth-order valence-electron chi connectivity index (χ4n) is 2.53. The van der Waals surface area contributed by atoms with Crippen molar-refractivity contribution < 1.29 is 0 Å². The van der Waals surface area contributed by atoms with Crippen molar-refractivity contribution in [3.63, 3.8) is 0 Å². The first-order valence-corrected chi connectivity index (χ1v) is 5.75. The zero-order valence-electron chi connectivity index (χ0n) is 8.36. The van der Waals surface area contributed by atoms with Gasteiger partial charge < -0.3 is 5.32 Å². The molecule has 2 bridgehead atoms. The van der Waals surface area contributed by atoms with Crippen LogP contribution in [0.4, 0.5) is 0 Å². The molecule has 1 aromatic heterocycles. The van der Waals surface area contributed by atoms with E-state index < -0.39 is 0 Å². The number of hydrogen-bond acceptors (Lipinski definition) is 2. The highest BCUT2D eigenvalue weighted by Crippen LogP contribution is 2.33. The Morgan fingerprint density at radius 2 is 1.93 bits per heavy atom. The monoisotopic (exact) mass is 220 g/mol. The lowest BCUT2D eigenvalue weighted by Crippen LogP contribution is -2.38. The lowest BCUT2D eigenvalue weighted by atomic mass is 9.89. The normalized spacial score (nSPS) is 33.3. The summed E-state index contributed by atoms with van der Waals surface area (Å²) in [6.07, 6.45) is 8.61. The van der Waals surface area contributed by atoms with E-state index in [2.05, 4.69) is 28.5 Å². The molecule has 1 N–H and O–H groups in total. The van der Waals surface area contributed by atoms with Crippen LogP contribution in [0.2, 0.25) is 5.02 Å². The van der Waals surface area contributed by atoms with Gasteiger partial charge >= 0.3 is 0 Å². The van der Waals surface area contributed by atoms with E-state index in [9.17, 15) is 0 Å². The van der Waals surface area contributed by atoms with Gasteiger partial charge in [-0.25, -0.2) is 0 Å². The average molecular weight is 221 g/mol. The van der Waals surface area contributed by atoms with Gasteiger partial charge in [0.1, 0.15) is 0 Å². The Bertz CT molecular complexity index is 371. The number of piperidine rings is 1. The third-order valence-electron chi connectivity index (χ3n) is 3.25. The molecular weight excluding hydrogens is 208 g/mol. The zero-order valence-corrected chi connectivity index (χ0v) is 9.11. The molecule has 0 amide bonds. The van der Waals surface area contributed by atoms with Crippen molar-refractivity contribution in [2.45, 2.75) is 30.8 Å². The van der Waals surface area contributed by atoms with Crippen LogP contribution in [-0.4, -0.2) is 17.1 Å². The van der Waals surface area contributed by atoms with Crippen LogP contribution in [0, 0.1) is 0 Å². The van der Waals surface area contributed by atoms with Crippen molar-refractivity contribution in [2.75, 3.05) is 0 Å². The molecule has 2 nitrogen and oxygen atoms in total. The molecule has 0 aliphatic carbocycles. The fraction of sp³-hybridized carbons (Fsp3) is 0.417. The number of aromatic nitrogens is 1. The van der Waals surface area contributed by atoms with Crippen LogP contribution < -0.4 is 5.32 Å². The summed E-state index contributed by atoms with van der Waals surface area (Å²) in [5.41, 5.74) is 1.18. The molecule has 3 heteroatoms. The van der Waals surface area contributed by atoms with Gasteiger partial charge in [-0.15, -0.1) is 0 Å². The van der Waals surface area contributed by atoms with E-state index in [0.29, 0.717) is 23.0 Å². The number of nitrogens with one attached hydrogen (secondary N) is 1. The van der Waals surface area contributed by atoms with Gasteiger partial charge in [-0.05, 0) is 25.0 Å². The molecule has 0 saturated carbocycles. The zero-order chi connectivity index (χ0) is 10.3. The highest BCUT2D eigenvalue weighted by Gasteiger charge is 2.30. The van der Waals surface area contributed by atoms with Gasteiger partial charge in [0.25, 0.3) is 0 Å². The number of hydrogen-bond donors (Lipinski definition) is 1. The van der Waals surface area contributed by atoms with E-state index in [0.717, 1.165) is 12.8 Å². The predicted molar refractivity (Wildman–Crippen MR) is 61.1 cm³/mol. The Kier molecular flexibility index (Phi) is 2.26. The van der Waals surface area contributed by atoms with E-state index in [-0.39, 0.29) is 0 Å². The summed E-state index contributed by atoms with van der Waals surface area (Å²) in [6.45, 7) is 0. The van der Waals surface area contributed by atoms with Crippen molar-refractivity contribution in [1.82, 2.24) is 10.3 Å². The molecule has 0 aromatic carbocycles. The molecular formula is C12H13ClN2. The maximum atomic E-state index is 5.83. The largest absolute Gasteiger partial charge is 0.304 e. The summed E-state index contributed by atoms with van der Waals surface area (Å²) in [7, 11) is 0. The summed E-state index contributed by atoms with van der Waals surface area (Å²) in [5, 5.41) is 4.25. The molecule has 0 spiro atoms. The third-order valence-corrected chi connectivity index (χ3v) is 3.47. The van der Waals surface area contributed by atoms with Crippen LogP contribution in [0.25, 0.3) is 0 Å². The van der Waals surface area contributed by atoms with Gasteiger partial charge in [-0.1, -0.05) is 23.8 Å². The molecule has 2 aliphatic rings. The summed E-state index contributed by atoms with van der Waals surface area (Å²) >= 11 is 5.83. The average Bonchev–Trinajstić information content (AvgIpc) is 2.59. The van der Waals surface area contributed by atoms with Gasteiger partial charge in [0, 0.05) is 29.9 Å². The summed E-state index contributed by atoms with van der Waals surface area (Å²) < 4.78 is 0. The summed E-state index contributed by atoms with van der Waals surface area (Å²) in [6, 6.07) is 5.08. The van der Waals surface area contributed by atoms with Crippen LogP contribution >= 0.6 is 11.6 Å². The lowest BCUT2D eigenvalue weighted by molar-refractivity contribution is 0.376. The van der Waals surface area contributed by atoms with Crippen LogP contribution in [0.1, 0.15) is 24.5 Å². The number of fused-ring (bicyclic) bond motifs is 2. The van der Waals surface area contributed by atoms with Crippen molar-refractivity contribution in [2.24, 2.45) is 0 Å². The van der Waals surface area contributed by atoms with Crippen LogP contribution in [-0.2, 0) is 0 Å². The van der Waals surface area contributed by atoms with E-state index >= 15 is 0 Å². The first kappa shape index (κ1) is 9.37. The van der Waals surface area contributed by atoms with Crippen molar-refractivity contribution in [3.05, 3.63) is 41.2 Å². The second-order valence-electron chi connectivity index (χ2n) is 4.33. The quantitative estimate of drug-likeness (QED) is 0.736. The molecule has 1 saturated heterocycles. The molecule has 0 radical (unpaired) electrons. The second-order valence-corrected chi connectivity index (χ2v) is 4.77. The van der Waals surface area contributed by atoms with Crippen molar-refractivity contribution in [3.8, 4) is 0 Å². The number of nitrogens with zero attached hydrogens (tertiary/aromatic N) is 1. The van der Waals surface area contributed by atoms with E-state index in [1.54, 1.807) is 6.20 Å². The molecule has 1 aromatic rings. The van der Waals surface area contributed by atoms with E-state index in [4.69, 9.17) is 11.6 Å². The molecule has 0 unspecified atom stereocenters. The number of rotatable bonds is 1. The van der Waals surface area contributed by atoms with E-state index in [1.807, 2.05) is 6.07 Å². The van der Waals surface area contributed by atoms with Crippen LogP contribution in [0.3, 0.4) is 0 Å². The summed E-state index contributed by atoms with van der Waals surface area (Å²) in [5.74, 6) is 0.577. The number of pyridine rings is 1. The molecule has 3 rings (SSSR count). The summed E-state index contributed by atoms with van der Waals surface area (Å²) in [4.78, 5) is 4.41. The highest BCUT2D eigenvalue weighted by atomic mass is 35.5. The molecule has 1 fully saturated rings.